The van der Waals surface area contributed by atoms with Crippen LogP contribution in [0, 0.1) is 0 Å². The quantitative estimate of drug-likeness (QED) is 0.252. The van der Waals surface area contributed by atoms with Crippen molar-refractivity contribution < 1.29 is 19.4 Å². The minimum absolute atomic E-state index is 0.0318. The zero-order valence-corrected chi connectivity index (χ0v) is 21.3. The maximum Gasteiger partial charge on any atom is 0.295 e. The molecule has 36 heavy (non-hydrogen) atoms. The molecule has 3 aromatic carbocycles. The topological polar surface area (TPSA) is 66.8 Å². The zero-order valence-electron chi connectivity index (χ0n) is 21.3. The summed E-state index contributed by atoms with van der Waals surface area (Å²) in [5.41, 5.74) is 3.57. The summed E-state index contributed by atoms with van der Waals surface area (Å²) in [4.78, 5) is 28.1. The predicted molar refractivity (Wildman–Crippen MR) is 142 cm³/mol. The van der Waals surface area contributed by atoms with Crippen molar-refractivity contribution in [3.05, 3.63) is 107 Å². The van der Waals surface area contributed by atoms with Crippen LogP contribution in [0.2, 0.25) is 0 Å². The van der Waals surface area contributed by atoms with Gasteiger partial charge in [0.15, 0.2) is 0 Å². The number of aliphatic hydroxyl groups is 1. The maximum atomic E-state index is 13.3. The van der Waals surface area contributed by atoms with Crippen LogP contribution in [0.15, 0.2) is 84.4 Å². The van der Waals surface area contributed by atoms with Crippen molar-refractivity contribution in [1.29, 1.82) is 0 Å². The molecule has 0 spiro atoms. The van der Waals surface area contributed by atoms with E-state index in [9.17, 15) is 14.7 Å². The highest BCUT2D eigenvalue weighted by Crippen LogP contribution is 2.40. The first-order chi connectivity index (χ1) is 17.2. The van der Waals surface area contributed by atoms with Crippen LogP contribution in [0.1, 0.15) is 56.0 Å². The molecule has 5 heteroatoms. The summed E-state index contributed by atoms with van der Waals surface area (Å²) in [6, 6.07) is 24.1. The van der Waals surface area contributed by atoms with Crippen molar-refractivity contribution in [2.75, 3.05) is 13.2 Å². The van der Waals surface area contributed by atoms with E-state index in [0.717, 1.165) is 16.7 Å². The molecule has 4 rings (SSSR count). The summed E-state index contributed by atoms with van der Waals surface area (Å²) in [6.07, 6.45) is 0.605. The van der Waals surface area contributed by atoms with Gasteiger partial charge in [-0.3, -0.25) is 9.59 Å². The molecule has 3 aromatic rings. The first-order valence-electron chi connectivity index (χ1n) is 12.4. The van der Waals surface area contributed by atoms with Gasteiger partial charge in [-0.05, 0) is 59.7 Å². The minimum atomic E-state index is -0.672. The Bertz CT molecular complexity index is 1250. The lowest BCUT2D eigenvalue weighted by Gasteiger charge is -2.26. The summed E-state index contributed by atoms with van der Waals surface area (Å²) < 4.78 is 5.50. The molecule has 1 aliphatic heterocycles. The fourth-order valence-electron chi connectivity index (χ4n) is 4.55. The molecule has 0 bridgehead atoms. The molecule has 1 atom stereocenters. The Labute approximate surface area is 213 Å². The maximum absolute atomic E-state index is 13.3. The van der Waals surface area contributed by atoms with Crippen LogP contribution < -0.4 is 4.74 Å². The molecule has 1 heterocycles. The highest BCUT2D eigenvalue weighted by Gasteiger charge is 2.45. The number of carbonyl (C=O) groups is 2. The van der Waals surface area contributed by atoms with Gasteiger partial charge in [-0.1, -0.05) is 75.4 Å². The monoisotopic (exact) mass is 483 g/mol. The number of aliphatic hydroxyl groups excluding tert-OH is 1. The number of ketones is 1. The Morgan fingerprint density at radius 2 is 1.56 bits per heavy atom. The van der Waals surface area contributed by atoms with E-state index in [4.69, 9.17) is 4.74 Å². The first kappa shape index (κ1) is 25.2. The number of nitrogens with zero attached hydrogens (tertiary/aromatic N) is 1. The number of carbonyl (C=O) groups excluding carboxylic acids is 2. The van der Waals surface area contributed by atoms with Crippen LogP contribution in [-0.2, 0) is 21.4 Å². The molecule has 5 nitrogen and oxygen atoms in total. The average Bonchev–Trinajstić information content (AvgIpc) is 3.13. The van der Waals surface area contributed by atoms with Gasteiger partial charge >= 0.3 is 0 Å². The summed E-state index contributed by atoms with van der Waals surface area (Å²) >= 11 is 0. The number of benzene rings is 3. The molecule has 0 saturated carbocycles. The third-order valence-corrected chi connectivity index (χ3v) is 6.56. The standard InChI is InChI=1S/C31H33NO4/c1-5-36-25-17-13-23(14-18-25)28(33)26-27(22-11-15-24(16-12-22)31(2,3)4)32(30(35)29(26)34)20-19-21-9-7-6-8-10-21/h6-18,27,33H,5,19-20H2,1-4H3/t27-/m0/s1. The molecule has 0 aliphatic carbocycles. The van der Waals surface area contributed by atoms with E-state index in [0.29, 0.717) is 30.9 Å². The smallest absolute Gasteiger partial charge is 0.295 e. The van der Waals surface area contributed by atoms with E-state index < -0.39 is 17.7 Å². The molecule has 1 amide bonds. The van der Waals surface area contributed by atoms with E-state index in [2.05, 4.69) is 20.8 Å². The Hall–Kier alpha value is -3.86. The summed E-state index contributed by atoms with van der Waals surface area (Å²) in [7, 11) is 0. The fraction of sp³-hybridized carbons (Fsp3) is 0.290. The minimum Gasteiger partial charge on any atom is -0.507 e. The second kappa shape index (κ2) is 10.4. The number of Topliss-reactive ketones (excluding diaryl/α,β-unsaturated/α-hetero) is 1. The molecule has 0 unspecified atom stereocenters. The van der Waals surface area contributed by atoms with Crippen molar-refractivity contribution in [3.63, 3.8) is 0 Å². The first-order valence-corrected chi connectivity index (χ1v) is 12.4. The number of rotatable bonds is 7. The van der Waals surface area contributed by atoms with Crippen LogP contribution in [0.3, 0.4) is 0 Å². The Morgan fingerprint density at radius 3 is 2.14 bits per heavy atom. The van der Waals surface area contributed by atoms with Crippen molar-refractivity contribution >= 4 is 17.4 Å². The second-order valence-electron chi connectivity index (χ2n) is 10.1. The summed E-state index contributed by atoms with van der Waals surface area (Å²) in [5.74, 6) is -0.766. The van der Waals surface area contributed by atoms with Gasteiger partial charge in [-0.25, -0.2) is 0 Å². The average molecular weight is 484 g/mol. The number of likely N-dealkylation sites (tertiary alicyclic amines) is 1. The lowest BCUT2D eigenvalue weighted by atomic mass is 9.85. The van der Waals surface area contributed by atoms with Crippen molar-refractivity contribution in [2.45, 2.75) is 45.6 Å². The van der Waals surface area contributed by atoms with Gasteiger partial charge in [-0.2, -0.15) is 0 Å². The molecule has 1 aliphatic rings. The largest absolute Gasteiger partial charge is 0.507 e. The van der Waals surface area contributed by atoms with E-state index in [-0.39, 0.29) is 16.7 Å². The number of hydrogen-bond acceptors (Lipinski definition) is 4. The normalized spacial score (nSPS) is 17.4. The lowest BCUT2D eigenvalue weighted by Crippen LogP contribution is -2.31. The molecule has 1 fully saturated rings. The van der Waals surface area contributed by atoms with E-state index in [1.807, 2.05) is 61.5 Å². The van der Waals surface area contributed by atoms with Crippen molar-refractivity contribution in [3.8, 4) is 5.75 Å². The third kappa shape index (κ3) is 5.20. The van der Waals surface area contributed by atoms with Crippen molar-refractivity contribution in [1.82, 2.24) is 4.90 Å². The third-order valence-electron chi connectivity index (χ3n) is 6.56. The van der Waals surface area contributed by atoms with Gasteiger partial charge in [0.1, 0.15) is 11.5 Å². The van der Waals surface area contributed by atoms with Crippen LogP contribution in [0.25, 0.3) is 5.76 Å². The number of ether oxygens (including phenoxy) is 1. The summed E-state index contributed by atoms with van der Waals surface area (Å²) in [6.45, 7) is 9.21. The number of amides is 1. The Morgan fingerprint density at radius 1 is 0.917 bits per heavy atom. The molecular formula is C31H33NO4. The predicted octanol–water partition coefficient (Wildman–Crippen LogP) is 6.05. The van der Waals surface area contributed by atoms with Crippen molar-refractivity contribution in [2.24, 2.45) is 0 Å². The molecule has 186 valence electrons. The zero-order chi connectivity index (χ0) is 25.9. The van der Waals surface area contributed by atoms with Crippen LogP contribution in [0.5, 0.6) is 5.75 Å². The Balaban J connectivity index is 1.77. The Kier molecular flexibility index (Phi) is 7.30. The highest BCUT2D eigenvalue weighted by molar-refractivity contribution is 6.46. The van der Waals surface area contributed by atoms with Gasteiger partial charge in [0.05, 0.1) is 18.2 Å². The van der Waals surface area contributed by atoms with Gasteiger partial charge in [-0.15, -0.1) is 0 Å². The van der Waals surface area contributed by atoms with Crippen LogP contribution >= 0.6 is 0 Å². The van der Waals surface area contributed by atoms with E-state index in [1.165, 1.54) is 0 Å². The number of hydrogen-bond donors (Lipinski definition) is 1. The van der Waals surface area contributed by atoms with Gasteiger partial charge in [0.2, 0.25) is 0 Å². The van der Waals surface area contributed by atoms with Gasteiger partial charge in [0.25, 0.3) is 11.7 Å². The van der Waals surface area contributed by atoms with Gasteiger partial charge < -0.3 is 14.7 Å². The fourth-order valence-corrected chi connectivity index (χ4v) is 4.55. The summed E-state index contributed by atoms with van der Waals surface area (Å²) in [5, 5.41) is 11.3. The molecule has 1 saturated heterocycles. The van der Waals surface area contributed by atoms with E-state index in [1.54, 1.807) is 29.2 Å². The lowest BCUT2D eigenvalue weighted by molar-refractivity contribution is -0.139. The van der Waals surface area contributed by atoms with Crippen LogP contribution in [-0.4, -0.2) is 34.8 Å². The molecule has 0 aromatic heterocycles. The SMILES string of the molecule is CCOc1ccc(C(O)=C2C(=O)C(=O)N(CCc3ccccc3)[C@H]2c2ccc(C(C)(C)C)cc2)cc1. The molecule has 1 N–H and O–H groups in total. The molecular weight excluding hydrogens is 450 g/mol. The second-order valence-corrected chi connectivity index (χ2v) is 10.1. The van der Waals surface area contributed by atoms with E-state index >= 15 is 0 Å². The van der Waals surface area contributed by atoms with Gasteiger partial charge in [0, 0.05) is 12.1 Å². The van der Waals surface area contributed by atoms with Crippen LogP contribution in [0.4, 0.5) is 0 Å². The molecule has 0 radical (unpaired) electrons. The highest BCUT2D eigenvalue weighted by atomic mass is 16.5.